The van der Waals surface area contributed by atoms with E-state index in [0.29, 0.717) is 5.84 Å². The van der Waals surface area contributed by atoms with Gasteiger partial charge in [0.1, 0.15) is 5.84 Å². The van der Waals surface area contributed by atoms with Crippen LogP contribution in [-0.4, -0.2) is 36.4 Å². The zero-order valence-corrected chi connectivity index (χ0v) is 7.55. The highest BCUT2D eigenvalue weighted by atomic mass is 35.5. The van der Waals surface area contributed by atoms with Crippen LogP contribution in [0.4, 0.5) is 0 Å². The van der Waals surface area contributed by atoms with Crippen molar-refractivity contribution in [1.29, 1.82) is 0 Å². The van der Waals surface area contributed by atoms with Gasteiger partial charge in [0.25, 0.3) is 0 Å². The molecule has 1 atom stereocenters. The molecule has 0 saturated carbocycles. The quantitative estimate of drug-likeness (QED) is 0.428. The van der Waals surface area contributed by atoms with Crippen LogP contribution in [0.15, 0.2) is 9.98 Å². The topological polar surface area (TPSA) is 40.0 Å². The number of nitrogens with one attached hydrogen (secondary N) is 1. The van der Waals surface area contributed by atoms with Crippen LogP contribution in [-0.2, 0) is 0 Å². The van der Waals surface area contributed by atoms with Gasteiger partial charge in [-0.2, -0.15) is 0 Å². The van der Waals surface area contributed by atoms with Gasteiger partial charge in [-0.15, -0.1) is 0 Å². The van der Waals surface area contributed by atoms with E-state index in [0.717, 1.165) is 5.96 Å². The lowest BCUT2D eigenvalue weighted by molar-refractivity contribution is 0.576. The fourth-order valence-electron chi connectivity index (χ4n) is 0.746. The van der Waals surface area contributed by atoms with E-state index in [4.69, 9.17) is 11.6 Å². The molecule has 0 bridgehead atoms. The Bertz CT molecular complexity index is 209. The van der Waals surface area contributed by atoms with Gasteiger partial charge in [0.2, 0.25) is 5.96 Å². The van der Waals surface area contributed by atoms with Gasteiger partial charge in [0.15, 0.2) is 5.62 Å². The number of alkyl halides is 1. The van der Waals surface area contributed by atoms with Crippen molar-refractivity contribution >= 4 is 23.4 Å². The van der Waals surface area contributed by atoms with E-state index < -0.39 is 0 Å². The minimum atomic E-state index is -0.384. The van der Waals surface area contributed by atoms with Gasteiger partial charge >= 0.3 is 0 Å². The van der Waals surface area contributed by atoms with Crippen LogP contribution >= 0.6 is 11.6 Å². The highest BCUT2D eigenvalue weighted by molar-refractivity contribution is 6.22. The maximum Gasteiger partial charge on any atom is 0.202 e. The van der Waals surface area contributed by atoms with Crippen molar-refractivity contribution in [3.8, 4) is 0 Å². The largest absolute Gasteiger partial charge is 0.349 e. The molecule has 11 heavy (non-hydrogen) atoms. The summed E-state index contributed by atoms with van der Waals surface area (Å²) in [6.45, 7) is 1.82. The Morgan fingerprint density at radius 3 is 2.64 bits per heavy atom. The molecule has 5 heteroatoms. The summed E-state index contributed by atoms with van der Waals surface area (Å²) in [4.78, 5) is 9.96. The molecule has 1 N–H and O–H groups in total. The lowest BCUT2D eigenvalue weighted by Gasteiger charge is -2.22. The zero-order valence-electron chi connectivity index (χ0n) is 6.80. The van der Waals surface area contributed by atoms with Crippen LogP contribution in [0.1, 0.15) is 6.92 Å². The van der Waals surface area contributed by atoms with Crippen molar-refractivity contribution in [2.24, 2.45) is 9.98 Å². The molecule has 1 unspecified atom stereocenters. The number of guanidine groups is 1. The van der Waals surface area contributed by atoms with E-state index in [-0.39, 0.29) is 5.62 Å². The van der Waals surface area contributed by atoms with Gasteiger partial charge < -0.3 is 10.2 Å². The minimum absolute atomic E-state index is 0.384. The second-order valence-corrected chi connectivity index (χ2v) is 2.90. The molecular formula is C6H11ClN4. The van der Waals surface area contributed by atoms with E-state index in [1.165, 1.54) is 0 Å². The van der Waals surface area contributed by atoms with Gasteiger partial charge in [0.05, 0.1) is 0 Å². The molecule has 62 valence electrons. The van der Waals surface area contributed by atoms with Crippen LogP contribution in [0, 0.1) is 0 Å². The Morgan fingerprint density at radius 2 is 2.18 bits per heavy atom. The Hall–Kier alpha value is -0.770. The molecule has 0 radical (unpaired) electrons. The monoisotopic (exact) mass is 174 g/mol. The van der Waals surface area contributed by atoms with Gasteiger partial charge in [-0.25, -0.2) is 9.98 Å². The summed E-state index contributed by atoms with van der Waals surface area (Å²) in [7, 11) is 3.79. The Balaban J connectivity index is 2.76. The Morgan fingerprint density at radius 1 is 1.55 bits per heavy atom. The van der Waals surface area contributed by atoms with Gasteiger partial charge in [0, 0.05) is 14.1 Å². The first-order chi connectivity index (χ1) is 5.09. The molecule has 0 fully saturated rings. The van der Waals surface area contributed by atoms with E-state index in [2.05, 4.69) is 15.3 Å². The van der Waals surface area contributed by atoms with Crippen molar-refractivity contribution in [1.82, 2.24) is 10.2 Å². The number of hydrogen-bond donors (Lipinski definition) is 1. The van der Waals surface area contributed by atoms with Crippen molar-refractivity contribution < 1.29 is 0 Å². The lowest BCUT2D eigenvalue weighted by atomic mass is 10.6. The fourth-order valence-corrected chi connectivity index (χ4v) is 0.985. The number of rotatable bonds is 0. The van der Waals surface area contributed by atoms with Crippen molar-refractivity contribution in [3.05, 3.63) is 0 Å². The summed E-state index contributed by atoms with van der Waals surface area (Å²) in [6, 6.07) is 0. The predicted molar refractivity (Wildman–Crippen MR) is 47.0 cm³/mol. The fraction of sp³-hybridized carbons (Fsp3) is 0.667. The third-order valence-corrected chi connectivity index (χ3v) is 1.45. The molecule has 0 spiro atoms. The molecule has 1 aliphatic heterocycles. The number of hydrogen-bond acceptors (Lipinski definition) is 4. The summed E-state index contributed by atoms with van der Waals surface area (Å²) >= 11 is 5.74. The molecule has 1 heterocycles. The summed E-state index contributed by atoms with van der Waals surface area (Å²) in [5.74, 6) is 1.45. The van der Waals surface area contributed by atoms with E-state index in [9.17, 15) is 0 Å². The Labute approximate surface area is 71.0 Å². The van der Waals surface area contributed by atoms with E-state index in [1.807, 2.05) is 25.9 Å². The average molecular weight is 175 g/mol. The number of amidine groups is 1. The number of nitrogens with zero attached hydrogens (tertiary/aromatic N) is 3. The summed E-state index contributed by atoms with van der Waals surface area (Å²) in [5.41, 5.74) is -0.384. The third-order valence-electron chi connectivity index (χ3n) is 1.24. The van der Waals surface area contributed by atoms with Crippen LogP contribution < -0.4 is 5.32 Å². The van der Waals surface area contributed by atoms with Crippen LogP contribution in [0.3, 0.4) is 0 Å². The highest BCUT2D eigenvalue weighted by Crippen LogP contribution is 2.01. The molecule has 0 saturated heterocycles. The second-order valence-electron chi connectivity index (χ2n) is 2.49. The lowest BCUT2D eigenvalue weighted by Crippen LogP contribution is -2.42. The first kappa shape index (κ1) is 8.33. The first-order valence-corrected chi connectivity index (χ1v) is 3.74. The van der Waals surface area contributed by atoms with Crippen LogP contribution in [0.2, 0.25) is 0 Å². The summed E-state index contributed by atoms with van der Waals surface area (Å²) < 4.78 is 0. The molecule has 0 amide bonds. The maximum atomic E-state index is 5.74. The maximum absolute atomic E-state index is 5.74. The first-order valence-electron chi connectivity index (χ1n) is 3.30. The second kappa shape index (κ2) is 3.09. The van der Waals surface area contributed by atoms with Crippen LogP contribution in [0.5, 0.6) is 0 Å². The molecular weight excluding hydrogens is 164 g/mol. The smallest absolute Gasteiger partial charge is 0.202 e. The van der Waals surface area contributed by atoms with Gasteiger partial charge in [-0.1, -0.05) is 11.6 Å². The van der Waals surface area contributed by atoms with Crippen molar-refractivity contribution in [2.75, 3.05) is 14.1 Å². The van der Waals surface area contributed by atoms with Crippen LogP contribution in [0.25, 0.3) is 0 Å². The van der Waals surface area contributed by atoms with Gasteiger partial charge in [-0.3, -0.25) is 0 Å². The summed E-state index contributed by atoms with van der Waals surface area (Å²) in [5, 5.41) is 2.90. The number of halogens is 1. The normalized spacial score (nSPS) is 23.5. The predicted octanol–water partition coefficient (Wildman–Crippen LogP) is 0.448. The molecule has 0 aromatic heterocycles. The van der Waals surface area contributed by atoms with E-state index in [1.54, 1.807) is 0 Å². The average Bonchev–Trinajstić information content (AvgIpc) is 1.85. The van der Waals surface area contributed by atoms with Gasteiger partial charge in [-0.05, 0) is 6.92 Å². The molecule has 4 nitrogen and oxygen atoms in total. The molecule has 0 aromatic rings. The van der Waals surface area contributed by atoms with Crippen molar-refractivity contribution in [3.63, 3.8) is 0 Å². The van der Waals surface area contributed by atoms with Crippen molar-refractivity contribution in [2.45, 2.75) is 12.5 Å². The molecule has 1 aliphatic rings. The highest BCUT2D eigenvalue weighted by Gasteiger charge is 2.12. The molecule has 0 aromatic carbocycles. The molecule has 0 aliphatic carbocycles. The number of aliphatic imine (C=N–C) groups is 2. The standard InChI is InChI=1S/C6H11ClN4/c1-4-8-5(7)10-6(9-4)11(2)3/h5H,1-3H3,(H,8,9,10). The molecule has 1 rings (SSSR count). The minimum Gasteiger partial charge on any atom is -0.349 e. The zero-order chi connectivity index (χ0) is 8.43. The summed E-state index contributed by atoms with van der Waals surface area (Å²) in [6.07, 6.45) is 0. The SMILES string of the molecule is CC1=NC(Cl)NC(N(C)C)=N1. The third kappa shape index (κ3) is 2.08. The van der Waals surface area contributed by atoms with E-state index >= 15 is 0 Å². The Kier molecular flexibility index (Phi) is 2.34.